The number of thiophene rings is 1. The van der Waals surface area contributed by atoms with Gasteiger partial charge in [0, 0.05) is 18.8 Å². The van der Waals surface area contributed by atoms with Gasteiger partial charge in [-0.05, 0) is 52.9 Å². The molecule has 1 aromatic carbocycles. The van der Waals surface area contributed by atoms with E-state index in [0.29, 0.717) is 12.3 Å². The molecular weight excluding hydrogens is 348 g/mol. The predicted molar refractivity (Wildman–Crippen MR) is 101 cm³/mol. The summed E-state index contributed by atoms with van der Waals surface area (Å²) in [7, 11) is 0. The minimum atomic E-state index is -0.155. The minimum Gasteiger partial charge on any atom is -0.454 e. The van der Waals surface area contributed by atoms with Crippen molar-refractivity contribution in [1.29, 1.82) is 0 Å². The summed E-state index contributed by atoms with van der Waals surface area (Å²) >= 11 is 1.64. The third kappa shape index (κ3) is 3.75. The predicted octanol–water partition coefficient (Wildman–Crippen LogP) is 3.87. The molecule has 0 bridgehead atoms. The lowest BCUT2D eigenvalue weighted by Crippen LogP contribution is -2.20. The number of rotatable bonds is 5. The number of aromatic nitrogens is 1. The van der Waals surface area contributed by atoms with Crippen LogP contribution in [-0.2, 0) is 11.3 Å². The first-order valence-electron chi connectivity index (χ1n) is 8.12. The van der Waals surface area contributed by atoms with Gasteiger partial charge in [0.1, 0.15) is 0 Å². The number of carbonyl (C=O) groups is 1. The van der Waals surface area contributed by atoms with Crippen molar-refractivity contribution in [2.75, 3.05) is 6.79 Å². The largest absolute Gasteiger partial charge is 0.454 e. The molecule has 0 saturated carbocycles. The molecule has 1 aliphatic rings. The van der Waals surface area contributed by atoms with E-state index in [2.05, 4.69) is 10.3 Å². The van der Waals surface area contributed by atoms with Crippen molar-refractivity contribution < 1.29 is 14.3 Å². The van der Waals surface area contributed by atoms with Crippen molar-refractivity contribution in [1.82, 2.24) is 10.3 Å². The Morgan fingerprint density at radius 1 is 1.19 bits per heavy atom. The number of fused-ring (bicyclic) bond motifs is 1. The SMILES string of the molecule is O=C(/C=C/c1ccc2c(c1)OCO2)NCc1ccnc(-c2cccs2)c1. The average molecular weight is 364 g/mol. The first-order chi connectivity index (χ1) is 12.8. The first-order valence-corrected chi connectivity index (χ1v) is 9.00. The van der Waals surface area contributed by atoms with Gasteiger partial charge in [-0.2, -0.15) is 0 Å². The Morgan fingerprint density at radius 3 is 3.00 bits per heavy atom. The molecule has 5 nitrogen and oxygen atoms in total. The number of nitrogens with one attached hydrogen (secondary N) is 1. The molecule has 1 N–H and O–H groups in total. The molecule has 1 aliphatic heterocycles. The van der Waals surface area contributed by atoms with Crippen molar-refractivity contribution in [3.05, 3.63) is 71.2 Å². The van der Waals surface area contributed by atoms with Gasteiger partial charge >= 0.3 is 0 Å². The molecule has 3 aromatic rings. The highest BCUT2D eigenvalue weighted by atomic mass is 32.1. The summed E-state index contributed by atoms with van der Waals surface area (Å²) in [5.74, 6) is 1.27. The standard InChI is InChI=1S/C20H16N2O3S/c23-20(6-4-14-3-5-17-18(11-14)25-13-24-17)22-12-15-7-8-21-16(10-15)19-2-1-9-26-19/h1-11H,12-13H2,(H,22,23)/b6-4+. The van der Waals surface area contributed by atoms with E-state index >= 15 is 0 Å². The van der Waals surface area contributed by atoms with Crippen LogP contribution in [-0.4, -0.2) is 17.7 Å². The molecule has 0 radical (unpaired) electrons. The molecule has 26 heavy (non-hydrogen) atoms. The number of ether oxygens (including phenoxy) is 2. The van der Waals surface area contributed by atoms with E-state index in [1.54, 1.807) is 23.6 Å². The number of nitrogens with zero attached hydrogens (tertiary/aromatic N) is 1. The lowest BCUT2D eigenvalue weighted by molar-refractivity contribution is -0.116. The second-order valence-corrected chi connectivity index (χ2v) is 6.64. The molecular formula is C20H16N2O3S. The van der Waals surface area contributed by atoms with Gasteiger partial charge in [-0.15, -0.1) is 11.3 Å². The van der Waals surface area contributed by atoms with Gasteiger partial charge in [-0.25, -0.2) is 0 Å². The van der Waals surface area contributed by atoms with E-state index in [9.17, 15) is 4.79 Å². The number of hydrogen-bond donors (Lipinski definition) is 1. The molecule has 0 atom stereocenters. The Labute approximate surface area is 154 Å². The lowest BCUT2D eigenvalue weighted by Gasteiger charge is -2.04. The fourth-order valence-electron chi connectivity index (χ4n) is 2.58. The Balaban J connectivity index is 1.36. The van der Waals surface area contributed by atoms with E-state index in [1.165, 1.54) is 6.08 Å². The molecule has 0 fully saturated rings. The highest BCUT2D eigenvalue weighted by Gasteiger charge is 2.12. The zero-order chi connectivity index (χ0) is 17.8. The van der Waals surface area contributed by atoms with Gasteiger partial charge in [0.05, 0.1) is 10.6 Å². The molecule has 1 amide bonds. The average Bonchev–Trinajstić information content (AvgIpc) is 3.36. The maximum absolute atomic E-state index is 12.1. The van der Waals surface area contributed by atoms with Crippen LogP contribution in [0, 0.1) is 0 Å². The molecule has 2 aromatic heterocycles. The van der Waals surface area contributed by atoms with Crippen LogP contribution in [0.5, 0.6) is 11.5 Å². The number of benzene rings is 1. The third-order valence-electron chi connectivity index (χ3n) is 3.89. The quantitative estimate of drug-likeness (QED) is 0.698. The van der Waals surface area contributed by atoms with E-state index < -0.39 is 0 Å². The van der Waals surface area contributed by atoms with Gasteiger partial charge < -0.3 is 14.8 Å². The number of hydrogen-bond acceptors (Lipinski definition) is 5. The highest BCUT2D eigenvalue weighted by molar-refractivity contribution is 7.13. The normalized spacial score (nSPS) is 12.5. The monoisotopic (exact) mass is 364 g/mol. The van der Waals surface area contributed by atoms with Crippen molar-refractivity contribution in [2.45, 2.75) is 6.54 Å². The zero-order valence-corrected chi connectivity index (χ0v) is 14.7. The summed E-state index contributed by atoms with van der Waals surface area (Å²) in [5.41, 5.74) is 2.81. The fraction of sp³-hybridized carbons (Fsp3) is 0.100. The molecule has 6 heteroatoms. The van der Waals surface area contributed by atoms with E-state index in [4.69, 9.17) is 9.47 Å². The van der Waals surface area contributed by atoms with Crippen LogP contribution in [0.25, 0.3) is 16.6 Å². The van der Waals surface area contributed by atoms with Crippen LogP contribution < -0.4 is 14.8 Å². The summed E-state index contributed by atoms with van der Waals surface area (Å²) in [5, 5.41) is 4.91. The van der Waals surface area contributed by atoms with Gasteiger partial charge in [0.25, 0.3) is 0 Å². The van der Waals surface area contributed by atoms with Crippen LogP contribution in [0.3, 0.4) is 0 Å². The van der Waals surface area contributed by atoms with Gasteiger partial charge in [0.2, 0.25) is 12.7 Å². The molecule has 4 rings (SSSR count). The van der Waals surface area contributed by atoms with Crippen molar-refractivity contribution in [3.8, 4) is 22.1 Å². The van der Waals surface area contributed by atoms with Crippen molar-refractivity contribution in [3.63, 3.8) is 0 Å². The van der Waals surface area contributed by atoms with Crippen molar-refractivity contribution in [2.24, 2.45) is 0 Å². The Bertz CT molecular complexity index is 951. The first kappa shape index (κ1) is 16.4. The molecule has 130 valence electrons. The number of carbonyl (C=O) groups excluding carboxylic acids is 1. The summed E-state index contributed by atoms with van der Waals surface area (Å²) in [6.07, 6.45) is 5.03. The van der Waals surface area contributed by atoms with Crippen LogP contribution in [0.1, 0.15) is 11.1 Å². The minimum absolute atomic E-state index is 0.155. The summed E-state index contributed by atoms with van der Waals surface area (Å²) in [4.78, 5) is 17.6. The van der Waals surface area contributed by atoms with E-state index in [1.807, 2.05) is 47.8 Å². The summed E-state index contributed by atoms with van der Waals surface area (Å²) < 4.78 is 10.6. The van der Waals surface area contributed by atoms with Crippen LogP contribution in [0.4, 0.5) is 0 Å². The van der Waals surface area contributed by atoms with Gasteiger partial charge in [0.15, 0.2) is 11.5 Å². The van der Waals surface area contributed by atoms with E-state index in [0.717, 1.165) is 27.4 Å². The molecule has 0 saturated heterocycles. The molecule has 3 heterocycles. The van der Waals surface area contributed by atoms with Crippen molar-refractivity contribution >= 4 is 23.3 Å². The summed E-state index contributed by atoms with van der Waals surface area (Å²) in [6.45, 7) is 0.688. The maximum atomic E-state index is 12.1. The highest BCUT2D eigenvalue weighted by Crippen LogP contribution is 2.32. The van der Waals surface area contributed by atoms with Gasteiger partial charge in [-0.1, -0.05) is 12.1 Å². The van der Waals surface area contributed by atoms with Gasteiger partial charge in [-0.3, -0.25) is 9.78 Å². The topological polar surface area (TPSA) is 60.5 Å². The van der Waals surface area contributed by atoms with E-state index in [-0.39, 0.29) is 12.7 Å². The van der Waals surface area contributed by atoms with Crippen LogP contribution in [0.15, 0.2) is 60.1 Å². The number of amides is 1. The Morgan fingerprint density at radius 2 is 2.12 bits per heavy atom. The Hall–Kier alpha value is -3.12. The van der Waals surface area contributed by atoms with Crippen LogP contribution in [0.2, 0.25) is 0 Å². The lowest BCUT2D eigenvalue weighted by atomic mass is 10.2. The second-order valence-electron chi connectivity index (χ2n) is 5.69. The molecule has 0 aliphatic carbocycles. The second kappa shape index (κ2) is 7.41. The molecule has 0 spiro atoms. The Kier molecular flexibility index (Phi) is 4.66. The number of pyridine rings is 1. The smallest absolute Gasteiger partial charge is 0.244 e. The van der Waals surface area contributed by atoms with Crippen LogP contribution >= 0.6 is 11.3 Å². The summed E-state index contributed by atoms with van der Waals surface area (Å²) in [6, 6.07) is 13.5. The zero-order valence-electron chi connectivity index (χ0n) is 13.8. The molecule has 0 unspecified atom stereocenters. The third-order valence-corrected chi connectivity index (χ3v) is 4.78. The fourth-order valence-corrected chi connectivity index (χ4v) is 3.27. The maximum Gasteiger partial charge on any atom is 0.244 e.